The van der Waals surface area contributed by atoms with Crippen LogP contribution in [0, 0.1) is 0 Å². The molecule has 2 aromatic rings. The average molecular weight is 442 g/mol. The SMILES string of the molecule is CCNC(=NCC(O)COc1cccc(Cl)c1Cl)Nc1ccc(OC)c(OC)c1. The van der Waals surface area contributed by atoms with E-state index in [2.05, 4.69) is 15.6 Å². The van der Waals surface area contributed by atoms with Gasteiger partial charge in [0.2, 0.25) is 0 Å². The Morgan fingerprint density at radius 1 is 1.10 bits per heavy atom. The Hall–Kier alpha value is -2.35. The number of ether oxygens (including phenoxy) is 3. The van der Waals surface area contributed by atoms with Crippen molar-refractivity contribution in [2.75, 3.05) is 39.2 Å². The topological polar surface area (TPSA) is 84.3 Å². The summed E-state index contributed by atoms with van der Waals surface area (Å²) >= 11 is 12.0. The molecule has 3 N–H and O–H groups in total. The number of aliphatic imine (C=N–C) groups is 1. The van der Waals surface area contributed by atoms with Gasteiger partial charge in [0.25, 0.3) is 0 Å². The third-order valence-electron chi connectivity index (χ3n) is 3.80. The highest BCUT2D eigenvalue weighted by Crippen LogP contribution is 2.31. The first-order valence-corrected chi connectivity index (χ1v) is 9.76. The summed E-state index contributed by atoms with van der Waals surface area (Å²) in [6.07, 6.45) is -0.828. The number of hydrogen-bond donors (Lipinski definition) is 3. The number of benzene rings is 2. The molecule has 0 bridgehead atoms. The molecule has 0 aliphatic carbocycles. The number of methoxy groups -OCH3 is 2. The number of hydrogen-bond acceptors (Lipinski definition) is 5. The molecule has 0 saturated heterocycles. The quantitative estimate of drug-likeness (QED) is 0.405. The highest BCUT2D eigenvalue weighted by molar-refractivity contribution is 6.42. The van der Waals surface area contributed by atoms with Crippen LogP contribution in [0.3, 0.4) is 0 Å². The Kier molecular flexibility index (Phi) is 9.18. The van der Waals surface area contributed by atoms with Gasteiger partial charge in [-0.05, 0) is 31.2 Å². The summed E-state index contributed by atoms with van der Waals surface area (Å²) in [6.45, 7) is 2.76. The van der Waals surface area contributed by atoms with Crippen LogP contribution < -0.4 is 24.8 Å². The summed E-state index contributed by atoms with van der Waals surface area (Å²) in [5.41, 5.74) is 0.763. The van der Waals surface area contributed by atoms with Crippen molar-refractivity contribution >= 4 is 34.8 Å². The van der Waals surface area contributed by atoms with E-state index in [4.69, 9.17) is 37.4 Å². The molecular formula is C20H25Cl2N3O4. The zero-order chi connectivity index (χ0) is 21.2. The number of nitrogens with one attached hydrogen (secondary N) is 2. The molecule has 0 aliphatic heterocycles. The summed E-state index contributed by atoms with van der Waals surface area (Å²) in [7, 11) is 3.15. The van der Waals surface area contributed by atoms with Crippen LogP contribution in [-0.4, -0.2) is 51.1 Å². The first-order chi connectivity index (χ1) is 14.0. The van der Waals surface area contributed by atoms with Gasteiger partial charge in [0, 0.05) is 18.3 Å². The first-order valence-electron chi connectivity index (χ1n) is 9.00. The predicted molar refractivity (Wildman–Crippen MR) is 117 cm³/mol. The molecule has 1 atom stereocenters. The van der Waals surface area contributed by atoms with E-state index in [1.165, 1.54) is 0 Å². The number of aliphatic hydroxyl groups is 1. The molecule has 158 valence electrons. The fraction of sp³-hybridized carbons (Fsp3) is 0.350. The minimum atomic E-state index is -0.828. The van der Waals surface area contributed by atoms with E-state index >= 15 is 0 Å². The lowest BCUT2D eigenvalue weighted by Crippen LogP contribution is -2.32. The first kappa shape index (κ1) is 22.9. The third-order valence-corrected chi connectivity index (χ3v) is 4.60. The number of halogens is 2. The molecule has 2 rings (SSSR count). The molecular weight excluding hydrogens is 417 g/mol. The Morgan fingerprint density at radius 3 is 2.55 bits per heavy atom. The molecule has 0 heterocycles. The van der Waals surface area contributed by atoms with Crippen molar-refractivity contribution in [3.8, 4) is 17.2 Å². The van der Waals surface area contributed by atoms with Crippen LogP contribution in [0.4, 0.5) is 5.69 Å². The molecule has 1 unspecified atom stereocenters. The molecule has 29 heavy (non-hydrogen) atoms. The predicted octanol–water partition coefficient (Wildman–Crippen LogP) is 3.83. The number of nitrogens with zero attached hydrogens (tertiary/aromatic N) is 1. The van der Waals surface area contributed by atoms with Crippen LogP contribution in [0.2, 0.25) is 10.0 Å². The van der Waals surface area contributed by atoms with Crippen molar-refractivity contribution in [1.29, 1.82) is 0 Å². The largest absolute Gasteiger partial charge is 0.493 e. The fourth-order valence-corrected chi connectivity index (χ4v) is 2.74. The van der Waals surface area contributed by atoms with Gasteiger partial charge in [-0.25, -0.2) is 0 Å². The van der Waals surface area contributed by atoms with Gasteiger partial charge in [-0.15, -0.1) is 0 Å². The van der Waals surface area contributed by atoms with Crippen molar-refractivity contribution < 1.29 is 19.3 Å². The molecule has 0 saturated carbocycles. The van der Waals surface area contributed by atoms with Gasteiger partial charge in [-0.1, -0.05) is 29.3 Å². The molecule has 2 aromatic carbocycles. The van der Waals surface area contributed by atoms with E-state index in [1.54, 1.807) is 44.6 Å². The Balaban J connectivity index is 1.98. The Labute approximate surface area is 180 Å². The molecule has 0 amide bonds. The van der Waals surface area contributed by atoms with Crippen LogP contribution in [0.5, 0.6) is 17.2 Å². The number of rotatable bonds is 9. The zero-order valence-electron chi connectivity index (χ0n) is 16.5. The molecule has 7 nitrogen and oxygen atoms in total. The van der Waals surface area contributed by atoms with E-state index in [1.807, 2.05) is 13.0 Å². The van der Waals surface area contributed by atoms with Gasteiger partial charge in [0.05, 0.1) is 25.8 Å². The summed E-state index contributed by atoms with van der Waals surface area (Å²) in [5, 5.41) is 17.2. The second kappa shape index (κ2) is 11.6. The van der Waals surface area contributed by atoms with Crippen LogP contribution in [0.1, 0.15) is 6.92 Å². The number of anilines is 1. The molecule has 0 fully saturated rings. The highest BCUT2D eigenvalue weighted by atomic mass is 35.5. The van der Waals surface area contributed by atoms with E-state index < -0.39 is 6.10 Å². The van der Waals surface area contributed by atoms with Crippen LogP contribution in [-0.2, 0) is 0 Å². The van der Waals surface area contributed by atoms with E-state index in [0.29, 0.717) is 39.8 Å². The van der Waals surface area contributed by atoms with E-state index in [0.717, 1.165) is 5.69 Å². The monoisotopic (exact) mass is 441 g/mol. The van der Waals surface area contributed by atoms with Crippen molar-refractivity contribution in [3.63, 3.8) is 0 Å². The fourth-order valence-electron chi connectivity index (χ4n) is 2.39. The minimum absolute atomic E-state index is 0.0271. The van der Waals surface area contributed by atoms with Crippen molar-refractivity contribution in [3.05, 3.63) is 46.4 Å². The maximum absolute atomic E-state index is 10.2. The highest BCUT2D eigenvalue weighted by Gasteiger charge is 2.10. The summed E-state index contributed by atoms with van der Waals surface area (Å²) in [4.78, 5) is 4.39. The normalized spacial score (nSPS) is 12.3. The summed E-state index contributed by atoms with van der Waals surface area (Å²) < 4.78 is 16.1. The lowest BCUT2D eigenvalue weighted by atomic mass is 10.2. The van der Waals surface area contributed by atoms with Crippen molar-refractivity contribution in [2.24, 2.45) is 4.99 Å². The standard InChI is InChI=1S/C20H25Cl2N3O4/c1-4-23-20(25-13-8-9-16(27-2)18(10-13)28-3)24-11-14(26)12-29-17-7-5-6-15(21)19(17)22/h5-10,14,26H,4,11-12H2,1-3H3,(H2,23,24,25). The maximum atomic E-state index is 10.2. The van der Waals surface area contributed by atoms with E-state index in [-0.39, 0.29) is 13.2 Å². The van der Waals surface area contributed by atoms with E-state index in [9.17, 15) is 5.11 Å². The summed E-state index contributed by atoms with van der Waals surface area (Å²) in [6, 6.07) is 10.5. The third kappa shape index (κ3) is 6.88. The second-order valence-corrected chi connectivity index (χ2v) is 6.72. The zero-order valence-corrected chi connectivity index (χ0v) is 18.0. The molecule has 0 radical (unpaired) electrons. The minimum Gasteiger partial charge on any atom is -0.493 e. The number of aliphatic hydroxyl groups excluding tert-OH is 1. The maximum Gasteiger partial charge on any atom is 0.195 e. The molecule has 0 aliphatic rings. The van der Waals surface area contributed by atoms with Crippen molar-refractivity contribution in [1.82, 2.24) is 5.32 Å². The Bertz CT molecular complexity index is 833. The lowest BCUT2D eigenvalue weighted by molar-refractivity contribution is 0.114. The van der Waals surface area contributed by atoms with Gasteiger partial charge in [-0.2, -0.15) is 0 Å². The second-order valence-electron chi connectivity index (χ2n) is 5.93. The van der Waals surface area contributed by atoms with Gasteiger partial charge < -0.3 is 30.0 Å². The van der Waals surface area contributed by atoms with Gasteiger partial charge >= 0.3 is 0 Å². The van der Waals surface area contributed by atoms with Gasteiger partial charge in [-0.3, -0.25) is 4.99 Å². The smallest absolute Gasteiger partial charge is 0.195 e. The summed E-state index contributed by atoms with van der Waals surface area (Å²) in [5.74, 6) is 2.16. The number of guanidine groups is 1. The molecule has 9 heteroatoms. The Morgan fingerprint density at radius 2 is 1.86 bits per heavy atom. The van der Waals surface area contributed by atoms with Crippen LogP contribution >= 0.6 is 23.2 Å². The average Bonchev–Trinajstić information content (AvgIpc) is 2.73. The van der Waals surface area contributed by atoms with Crippen LogP contribution in [0.25, 0.3) is 0 Å². The molecule has 0 aromatic heterocycles. The van der Waals surface area contributed by atoms with Gasteiger partial charge in [0.15, 0.2) is 17.5 Å². The van der Waals surface area contributed by atoms with Crippen molar-refractivity contribution in [2.45, 2.75) is 13.0 Å². The van der Waals surface area contributed by atoms with Crippen LogP contribution in [0.15, 0.2) is 41.4 Å². The lowest BCUT2D eigenvalue weighted by Gasteiger charge is -2.15. The van der Waals surface area contributed by atoms with Gasteiger partial charge in [0.1, 0.15) is 23.5 Å². The molecule has 0 spiro atoms.